The molecule has 0 bridgehead atoms. The van der Waals surface area contributed by atoms with Crippen LogP contribution in [0.4, 0.5) is 27.4 Å². The van der Waals surface area contributed by atoms with Crippen molar-refractivity contribution in [3.8, 4) is 11.3 Å². The first-order valence-corrected chi connectivity index (χ1v) is 28.6. The van der Waals surface area contributed by atoms with Crippen LogP contribution in [0, 0.1) is 17.7 Å². The van der Waals surface area contributed by atoms with Gasteiger partial charge in [0.25, 0.3) is 0 Å². The highest BCUT2D eigenvalue weighted by Crippen LogP contribution is 2.52. The van der Waals surface area contributed by atoms with Gasteiger partial charge >= 0.3 is 0 Å². The van der Waals surface area contributed by atoms with Crippen LogP contribution in [0.2, 0.25) is 0 Å². The van der Waals surface area contributed by atoms with E-state index in [0.29, 0.717) is 74.0 Å². The number of benzene rings is 2. The van der Waals surface area contributed by atoms with E-state index >= 15 is 9.18 Å². The van der Waals surface area contributed by atoms with E-state index in [2.05, 4.69) is 78.8 Å². The van der Waals surface area contributed by atoms with E-state index in [4.69, 9.17) is 15.0 Å². The molecule has 2 saturated carbocycles. The van der Waals surface area contributed by atoms with Gasteiger partial charge in [0.05, 0.1) is 34.6 Å². The topological polar surface area (TPSA) is 152 Å². The number of fused-ring (bicyclic) bond motifs is 3. The van der Waals surface area contributed by atoms with Crippen molar-refractivity contribution in [2.24, 2.45) is 11.8 Å². The predicted molar refractivity (Wildman–Crippen MR) is 293 cm³/mol. The van der Waals surface area contributed by atoms with E-state index in [0.717, 1.165) is 123 Å². The minimum Gasteiger partial charge on any atom is -0.357 e. The summed E-state index contributed by atoms with van der Waals surface area (Å²) in [5.74, 6) is 1.34. The molecule has 1 spiro atoms. The number of imide groups is 1. The molecule has 4 saturated heterocycles. The SMILES string of the molecule is CC(C)n1cnc2cc(-c3ccc4c(c3)N([C@H]3C[C@@H](N5CCCCC5)C3)C(=O)C43CCN(C(=O)C4CCC(CN5CCC(N(C)c6ccc(C7CCC(=O)NC7=O)cn6)CC5)CC4)CC3)nc(Nc3ccccc3F)c21. The first-order valence-electron chi connectivity index (χ1n) is 28.6. The number of amides is 4. The van der Waals surface area contributed by atoms with Gasteiger partial charge in [-0.05, 0) is 158 Å². The monoisotopic (exact) mass is 1030 g/mol. The minimum absolute atomic E-state index is 0.0282. The standard InChI is InChI=1S/C60H74FN11O4/c1-38(2)71-37-63-51-34-50(65-56(55(51)71)64-49-10-6-5-9-48(49)61)41-15-18-47-52(31-41)72(45-32-44(33-45)69-25-7-4-8-26-69)59(76)60(47)23-29-70(30-24-60)58(75)40-13-11-39(12-14-40)36-68-27-21-43(22-28-68)67(3)53-19-16-42(35-62-53)46-17-20-54(73)66-57(46)74/h5-6,9-10,15-16,18-19,31,34-35,37-40,43-46H,4,7-8,11-14,17,20-30,32-33,36H2,1-3H3,(H,64,65)(H,66,73,74)/t39?,40?,44-,45+,46?. The van der Waals surface area contributed by atoms with Crippen molar-refractivity contribution < 1.29 is 23.6 Å². The lowest BCUT2D eigenvalue weighted by Crippen LogP contribution is -2.58. The molecular formula is C60H74FN11O4. The zero-order valence-corrected chi connectivity index (χ0v) is 44.6. The number of hydrogen-bond acceptors (Lipinski definition) is 11. The number of nitrogens with one attached hydrogen (secondary N) is 2. The summed E-state index contributed by atoms with van der Waals surface area (Å²) in [5, 5.41) is 5.75. The molecule has 0 radical (unpaired) electrons. The molecular weight excluding hydrogens is 958 g/mol. The van der Waals surface area contributed by atoms with Crippen molar-refractivity contribution >= 4 is 57.7 Å². The Kier molecular flexibility index (Phi) is 13.9. The van der Waals surface area contributed by atoms with E-state index in [1.807, 2.05) is 24.5 Å². The molecule has 1 atom stereocenters. The van der Waals surface area contributed by atoms with Crippen LogP contribution in [0.25, 0.3) is 22.3 Å². The van der Waals surface area contributed by atoms with Crippen molar-refractivity contribution in [2.75, 3.05) is 68.0 Å². The number of pyridine rings is 2. The number of piperidine rings is 4. The molecule has 15 nitrogen and oxygen atoms in total. The molecule has 1 unspecified atom stereocenters. The number of aromatic nitrogens is 4. The van der Waals surface area contributed by atoms with Crippen LogP contribution in [-0.2, 0) is 24.6 Å². The first kappa shape index (κ1) is 50.6. The average Bonchev–Trinajstić information content (AvgIpc) is 4.08. The number of halogens is 1. The van der Waals surface area contributed by atoms with Crippen LogP contribution in [0.15, 0.2) is 73.2 Å². The third-order valence-electron chi connectivity index (χ3n) is 18.8. The number of likely N-dealkylation sites (tertiary alicyclic amines) is 3. The smallest absolute Gasteiger partial charge is 0.238 e. The lowest BCUT2D eigenvalue weighted by molar-refractivity contribution is -0.140. The van der Waals surface area contributed by atoms with Gasteiger partial charge in [-0.25, -0.2) is 19.3 Å². The zero-order chi connectivity index (χ0) is 52.2. The second-order valence-electron chi connectivity index (χ2n) is 23.6. The maximum absolute atomic E-state index is 15.3. The fraction of sp³-hybridized carbons (Fsp3) is 0.550. The second-order valence-corrected chi connectivity index (χ2v) is 23.6. The van der Waals surface area contributed by atoms with Gasteiger partial charge in [0.15, 0.2) is 5.82 Å². The molecule has 4 amide bonds. The Morgan fingerprint density at radius 3 is 2.33 bits per heavy atom. The van der Waals surface area contributed by atoms with Crippen molar-refractivity contribution in [3.63, 3.8) is 0 Å². The van der Waals surface area contributed by atoms with Gasteiger partial charge in [0, 0.05) is 93.7 Å². The number of rotatable bonds is 12. The van der Waals surface area contributed by atoms with Crippen molar-refractivity contribution in [1.29, 1.82) is 0 Å². The first-order chi connectivity index (χ1) is 36.9. The molecule has 76 heavy (non-hydrogen) atoms. The summed E-state index contributed by atoms with van der Waals surface area (Å²) >= 11 is 0. The van der Waals surface area contributed by atoms with Crippen LogP contribution in [0.5, 0.6) is 0 Å². The van der Waals surface area contributed by atoms with Gasteiger partial charge < -0.3 is 34.4 Å². The minimum atomic E-state index is -0.690. The van der Waals surface area contributed by atoms with Crippen LogP contribution in [0.3, 0.4) is 0 Å². The Morgan fingerprint density at radius 2 is 1.62 bits per heavy atom. The lowest BCUT2D eigenvalue weighted by Gasteiger charge is -2.48. The maximum Gasteiger partial charge on any atom is 0.238 e. The van der Waals surface area contributed by atoms with E-state index < -0.39 is 5.41 Å². The van der Waals surface area contributed by atoms with Crippen molar-refractivity contribution in [2.45, 2.75) is 146 Å². The van der Waals surface area contributed by atoms with E-state index in [-0.39, 0.29) is 53.4 Å². The summed E-state index contributed by atoms with van der Waals surface area (Å²) in [7, 11) is 2.11. The Morgan fingerprint density at radius 1 is 0.855 bits per heavy atom. The summed E-state index contributed by atoms with van der Waals surface area (Å²) in [6.45, 7) is 10.7. The van der Waals surface area contributed by atoms with Crippen LogP contribution in [-0.4, -0.2) is 129 Å². The number of nitrogens with zero attached hydrogens (tertiary/aromatic N) is 9. The highest BCUT2D eigenvalue weighted by Gasteiger charge is 2.56. The Bertz CT molecular complexity index is 2980. The largest absolute Gasteiger partial charge is 0.357 e. The molecule has 2 N–H and O–H groups in total. The predicted octanol–water partition coefficient (Wildman–Crippen LogP) is 9.11. The molecule has 7 aliphatic rings. The molecule has 8 heterocycles. The van der Waals surface area contributed by atoms with Gasteiger partial charge in [0.1, 0.15) is 17.2 Å². The van der Waals surface area contributed by atoms with Gasteiger partial charge in [-0.1, -0.05) is 36.8 Å². The highest BCUT2D eigenvalue weighted by atomic mass is 19.1. The summed E-state index contributed by atoms with van der Waals surface area (Å²) in [4.78, 5) is 80.2. The number of anilines is 4. The molecule has 5 aliphatic heterocycles. The van der Waals surface area contributed by atoms with Crippen LogP contribution < -0.4 is 20.4 Å². The fourth-order valence-electron chi connectivity index (χ4n) is 14.1. The van der Waals surface area contributed by atoms with Crippen LogP contribution >= 0.6 is 0 Å². The Hall–Kier alpha value is -6.26. The van der Waals surface area contributed by atoms with Gasteiger partial charge in [-0.2, -0.15) is 0 Å². The van der Waals surface area contributed by atoms with Crippen molar-refractivity contribution in [1.82, 2.24) is 39.5 Å². The summed E-state index contributed by atoms with van der Waals surface area (Å²) in [5.41, 5.74) is 5.67. The average molecular weight is 1030 g/mol. The van der Waals surface area contributed by atoms with E-state index in [1.54, 1.807) is 24.4 Å². The third kappa shape index (κ3) is 9.55. The van der Waals surface area contributed by atoms with Gasteiger partial charge in [0.2, 0.25) is 23.6 Å². The zero-order valence-electron chi connectivity index (χ0n) is 44.6. The highest BCUT2D eigenvalue weighted by molar-refractivity contribution is 6.09. The molecule has 2 aliphatic carbocycles. The molecule has 16 heteroatoms. The molecule has 5 aromatic rings. The number of carbonyl (C=O) groups excluding carboxylic acids is 4. The maximum atomic E-state index is 15.3. The van der Waals surface area contributed by atoms with Crippen LogP contribution in [0.1, 0.15) is 133 Å². The Balaban J connectivity index is 0.693. The summed E-state index contributed by atoms with van der Waals surface area (Å²) in [6, 6.07) is 20.1. The van der Waals surface area contributed by atoms with Gasteiger partial charge in [-0.15, -0.1) is 0 Å². The Labute approximate surface area is 446 Å². The lowest BCUT2D eigenvalue weighted by atomic mass is 9.72. The summed E-state index contributed by atoms with van der Waals surface area (Å²) in [6.07, 6.45) is 17.5. The molecule has 3 aromatic heterocycles. The van der Waals surface area contributed by atoms with Crippen molar-refractivity contribution in [3.05, 3.63) is 90.1 Å². The fourth-order valence-corrected chi connectivity index (χ4v) is 14.1. The number of hydrogen-bond donors (Lipinski definition) is 2. The third-order valence-corrected chi connectivity index (χ3v) is 18.8. The van der Waals surface area contributed by atoms with E-state index in [9.17, 15) is 14.4 Å². The summed E-state index contributed by atoms with van der Waals surface area (Å²) < 4.78 is 17.2. The number of para-hydroxylation sites is 1. The number of carbonyl (C=O) groups is 4. The second kappa shape index (κ2) is 20.9. The molecule has 12 rings (SSSR count). The van der Waals surface area contributed by atoms with E-state index in [1.165, 1.54) is 25.3 Å². The van der Waals surface area contributed by atoms with Gasteiger partial charge in [-0.3, -0.25) is 24.5 Å². The molecule has 6 fully saturated rings. The quantitative estimate of drug-likeness (QED) is 0.115. The molecule has 400 valence electrons. The normalized spacial score (nSPS) is 25.5. The number of imidazole rings is 1. The molecule has 2 aromatic carbocycles.